The van der Waals surface area contributed by atoms with Crippen molar-refractivity contribution in [3.8, 4) is 0 Å². The van der Waals surface area contributed by atoms with Gasteiger partial charge in [0.25, 0.3) is 10.1 Å². The van der Waals surface area contributed by atoms with E-state index in [2.05, 4.69) is 48.1 Å². The summed E-state index contributed by atoms with van der Waals surface area (Å²) >= 11 is 0. The summed E-state index contributed by atoms with van der Waals surface area (Å²) in [5.74, 6) is 0. The zero-order valence-corrected chi connectivity index (χ0v) is 14.0. The highest BCUT2D eigenvalue weighted by atomic mass is 32.2. The Bertz CT molecular complexity index is 346. The molecule has 3 nitrogen and oxygen atoms in total. The van der Waals surface area contributed by atoms with Gasteiger partial charge < -0.3 is 0 Å². The van der Waals surface area contributed by atoms with Crippen LogP contribution in [0.25, 0.3) is 0 Å². The minimum Gasteiger partial charge on any atom is -0.285 e. The van der Waals surface area contributed by atoms with Crippen molar-refractivity contribution in [2.45, 2.75) is 52.0 Å². The van der Waals surface area contributed by atoms with Gasteiger partial charge in [0.2, 0.25) is 0 Å². The first-order valence-electron chi connectivity index (χ1n) is 5.89. The molecule has 1 atom stereocenters. The Hall–Kier alpha value is -0.133. The summed E-state index contributed by atoms with van der Waals surface area (Å²) in [4.78, 5) is -0.744. The normalized spacial score (nSPS) is 16.7. The van der Waals surface area contributed by atoms with Crippen LogP contribution in [0, 0.1) is 10.8 Å². The molecule has 0 spiro atoms. The summed E-state index contributed by atoms with van der Waals surface area (Å²) in [7, 11) is -5.02. The van der Waals surface area contributed by atoms with E-state index in [0.29, 0.717) is 5.54 Å². The van der Waals surface area contributed by atoms with E-state index in [9.17, 15) is 13.0 Å². The van der Waals surface area contributed by atoms with Gasteiger partial charge in [-0.3, -0.25) is 4.55 Å². The topological polar surface area (TPSA) is 54.4 Å². The Morgan fingerprint density at radius 3 is 1.65 bits per heavy atom. The standard InChI is InChI=1S/C12H26O3SSi/c1-8-9(16(13,14)15)17-10(11(2,3)4)12(5,6)7/h8-10H,1,17H2,2-7H3,(H,13,14,15). The van der Waals surface area contributed by atoms with E-state index < -0.39 is 24.5 Å². The highest BCUT2D eigenvalue weighted by Crippen LogP contribution is 2.45. The predicted molar refractivity (Wildman–Crippen MR) is 76.7 cm³/mol. The molecule has 0 bridgehead atoms. The number of hydrogen-bond acceptors (Lipinski definition) is 2. The maximum Gasteiger partial charge on any atom is 0.267 e. The Morgan fingerprint density at radius 2 is 1.47 bits per heavy atom. The predicted octanol–water partition coefficient (Wildman–Crippen LogP) is 2.44. The van der Waals surface area contributed by atoms with E-state index in [1.54, 1.807) is 0 Å². The zero-order chi connectivity index (χ0) is 14.1. The average molecular weight is 278 g/mol. The van der Waals surface area contributed by atoms with Crippen molar-refractivity contribution in [1.29, 1.82) is 0 Å². The molecule has 5 heteroatoms. The molecule has 0 fully saturated rings. The van der Waals surface area contributed by atoms with Crippen LogP contribution in [-0.2, 0) is 10.1 Å². The van der Waals surface area contributed by atoms with Gasteiger partial charge in [0.05, 0.1) is 14.4 Å². The first-order valence-corrected chi connectivity index (χ1v) is 9.02. The smallest absolute Gasteiger partial charge is 0.267 e. The minimum absolute atomic E-state index is 0.0381. The maximum absolute atomic E-state index is 11.3. The van der Waals surface area contributed by atoms with E-state index in [1.807, 2.05) is 0 Å². The molecule has 102 valence electrons. The summed E-state index contributed by atoms with van der Waals surface area (Å²) in [5, 5.41) is 0. The third-order valence-electron chi connectivity index (χ3n) is 3.20. The highest BCUT2D eigenvalue weighted by Gasteiger charge is 2.38. The van der Waals surface area contributed by atoms with E-state index >= 15 is 0 Å². The molecular formula is C12H26O3SSi. The van der Waals surface area contributed by atoms with Crippen LogP contribution in [0.3, 0.4) is 0 Å². The van der Waals surface area contributed by atoms with Crippen LogP contribution >= 0.6 is 0 Å². The largest absolute Gasteiger partial charge is 0.285 e. The van der Waals surface area contributed by atoms with Crippen molar-refractivity contribution in [1.82, 2.24) is 0 Å². The first-order chi connectivity index (χ1) is 7.30. The van der Waals surface area contributed by atoms with Crippen molar-refractivity contribution in [3.63, 3.8) is 0 Å². The van der Waals surface area contributed by atoms with Crippen molar-refractivity contribution in [2.75, 3.05) is 0 Å². The van der Waals surface area contributed by atoms with Gasteiger partial charge in [-0.2, -0.15) is 8.42 Å². The summed E-state index contributed by atoms with van der Waals surface area (Å²) in [5.41, 5.74) is 0.382. The van der Waals surface area contributed by atoms with Gasteiger partial charge in [-0.05, 0) is 16.4 Å². The summed E-state index contributed by atoms with van der Waals surface area (Å²) < 4.78 is 31.7. The lowest BCUT2D eigenvalue weighted by molar-refractivity contribution is 0.232. The Balaban J connectivity index is 5.21. The van der Waals surface area contributed by atoms with Gasteiger partial charge >= 0.3 is 0 Å². The molecule has 0 saturated carbocycles. The molecule has 0 heterocycles. The zero-order valence-electron chi connectivity index (χ0n) is 11.8. The lowest BCUT2D eigenvalue weighted by atomic mass is 9.77. The molecule has 0 aliphatic rings. The minimum atomic E-state index is -3.99. The first kappa shape index (κ1) is 16.9. The molecule has 1 N–H and O–H groups in total. The maximum atomic E-state index is 11.3. The van der Waals surface area contributed by atoms with Gasteiger partial charge in [0.15, 0.2) is 0 Å². The Kier molecular flexibility index (Phi) is 5.20. The summed E-state index contributed by atoms with van der Waals surface area (Å²) in [6.45, 7) is 16.3. The summed E-state index contributed by atoms with van der Waals surface area (Å²) in [6, 6.07) is 0. The van der Waals surface area contributed by atoms with Crippen LogP contribution in [0.1, 0.15) is 41.5 Å². The third-order valence-corrected chi connectivity index (χ3v) is 9.72. The van der Waals surface area contributed by atoms with Gasteiger partial charge in [-0.25, -0.2) is 0 Å². The van der Waals surface area contributed by atoms with E-state index in [1.165, 1.54) is 6.08 Å². The van der Waals surface area contributed by atoms with Gasteiger partial charge in [0, 0.05) is 0 Å². The van der Waals surface area contributed by atoms with Crippen LogP contribution in [0.15, 0.2) is 12.7 Å². The second-order valence-electron chi connectivity index (χ2n) is 6.81. The van der Waals surface area contributed by atoms with Crippen molar-refractivity contribution < 1.29 is 13.0 Å². The molecule has 17 heavy (non-hydrogen) atoms. The molecule has 0 radical (unpaired) electrons. The fourth-order valence-electron chi connectivity index (χ4n) is 2.58. The van der Waals surface area contributed by atoms with Crippen LogP contribution in [0.4, 0.5) is 0 Å². The lowest BCUT2D eigenvalue weighted by Gasteiger charge is -2.41. The lowest BCUT2D eigenvalue weighted by Crippen LogP contribution is -2.39. The second-order valence-corrected chi connectivity index (χ2v) is 11.2. The fraction of sp³-hybridized carbons (Fsp3) is 0.833. The highest BCUT2D eigenvalue weighted by molar-refractivity contribution is 7.88. The average Bonchev–Trinajstić information content (AvgIpc) is 1.97. The second kappa shape index (κ2) is 5.24. The van der Waals surface area contributed by atoms with Gasteiger partial charge in [0.1, 0.15) is 0 Å². The van der Waals surface area contributed by atoms with Crippen molar-refractivity contribution in [3.05, 3.63) is 12.7 Å². The van der Waals surface area contributed by atoms with E-state index in [-0.39, 0.29) is 10.8 Å². The molecule has 0 rings (SSSR count). The molecule has 1 unspecified atom stereocenters. The SMILES string of the molecule is C=CC([SiH2]C(C(C)(C)C)C(C)(C)C)S(=O)(=O)O. The molecular weight excluding hydrogens is 252 g/mol. The Morgan fingerprint density at radius 1 is 1.12 bits per heavy atom. The summed E-state index contributed by atoms with van der Waals surface area (Å²) in [6.07, 6.45) is 1.38. The molecule has 0 aromatic heterocycles. The number of hydrogen-bond donors (Lipinski definition) is 1. The monoisotopic (exact) mass is 278 g/mol. The van der Waals surface area contributed by atoms with E-state index in [4.69, 9.17) is 0 Å². The Labute approximate surface area is 108 Å². The third kappa shape index (κ3) is 5.36. The van der Waals surface area contributed by atoms with Crippen LogP contribution < -0.4 is 0 Å². The fourth-order valence-corrected chi connectivity index (χ4v) is 6.44. The molecule has 0 aliphatic heterocycles. The van der Waals surface area contributed by atoms with Crippen LogP contribution in [-0.4, -0.2) is 27.4 Å². The van der Waals surface area contributed by atoms with Crippen LogP contribution in [0.2, 0.25) is 5.54 Å². The van der Waals surface area contributed by atoms with E-state index in [0.717, 1.165) is 0 Å². The number of rotatable bonds is 4. The quantitative estimate of drug-likeness (QED) is 0.488. The molecule has 0 amide bonds. The van der Waals surface area contributed by atoms with Crippen molar-refractivity contribution in [2.24, 2.45) is 10.8 Å². The molecule has 0 aromatic carbocycles. The van der Waals surface area contributed by atoms with Crippen LogP contribution in [0.5, 0.6) is 0 Å². The molecule has 0 saturated heterocycles. The molecule has 0 aromatic rings. The molecule has 0 aliphatic carbocycles. The van der Waals surface area contributed by atoms with Gasteiger partial charge in [-0.15, -0.1) is 6.58 Å². The van der Waals surface area contributed by atoms with Crippen molar-refractivity contribution >= 4 is 19.6 Å². The van der Waals surface area contributed by atoms with Gasteiger partial charge in [-0.1, -0.05) is 47.6 Å².